The Morgan fingerprint density at radius 2 is 0.719 bits per heavy atom. The van der Waals surface area contributed by atoms with E-state index >= 15 is 0 Å². The van der Waals surface area contributed by atoms with E-state index in [-0.39, 0.29) is 86.6 Å². The van der Waals surface area contributed by atoms with Gasteiger partial charge in [0.1, 0.15) is 25.5 Å². The second-order valence-corrected chi connectivity index (χ2v) is 49.0. The number of nitrogens with one attached hydrogen (secondary N) is 5. The highest BCUT2D eigenvalue weighted by Crippen LogP contribution is 2.66. The molecule has 11 aromatic rings. The number of hydrogen-bond donors (Lipinski definition) is 4. The second kappa shape index (κ2) is 41.6. The molecule has 11 heteroatoms. The maximum Gasteiger partial charge on any atom is 0.306 e. The summed E-state index contributed by atoms with van der Waals surface area (Å²) in [5, 5.41) is 12.9. The van der Waals surface area contributed by atoms with Gasteiger partial charge >= 0.3 is 6.33 Å². The summed E-state index contributed by atoms with van der Waals surface area (Å²) in [7, 11) is 0. The minimum atomic E-state index is 0.0597. The Hall–Kier alpha value is -8.31. The van der Waals surface area contributed by atoms with E-state index in [0.717, 1.165) is 51.9 Å². The van der Waals surface area contributed by atoms with Gasteiger partial charge in [0, 0.05) is 16.0 Å². The number of aromatic amines is 5. The lowest BCUT2D eigenvalue weighted by Gasteiger charge is -2.60. The summed E-state index contributed by atoms with van der Waals surface area (Å²) >= 11 is 0. The molecule has 5 aromatic heterocycles. The van der Waals surface area contributed by atoms with Crippen molar-refractivity contribution in [2.24, 2.45) is 75.8 Å². The van der Waals surface area contributed by atoms with Gasteiger partial charge in [0.15, 0.2) is 29.6 Å². The predicted molar refractivity (Wildman–Crippen MR) is 544 cm³/mol. The minimum absolute atomic E-state index is 0.0597. The third-order valence-electron chi connectivity index (χ3n) is 37.0. The molecule has 0 aliphatic heterocycles. The van der Waals surface area contributed by atoms with Crippen LogP contribution in [0, 0.1) is 75.8 Å². The van der Waals surface area contributed by atoms with Gasteiger partial charge in [0.25, 0.3) is 0 Å². The average molecular weight is 1740 g/mol. The number of para-hydroxylation sites is 2. The molecule has 0 saturated carbocycles. The smallest absolute Gasteiger partial charge is 0.250 e. The van der Waals surface area contributed by atoms with Crippen LogP contribution in [0.25, 0.3) is 21.8 Å². The highest BCUT2D eigenvalue weighted by atomic mass is 15.4. The van der Waals surface area contributed by atoms with E-state index in [1.54, 1.807) is 6.33 Å². The molecule has 0 saturated heterocycles. The van der Waals surface area contributed by atoms with Crippen molar-refractivity contribution in [1.29, 1.82) is 0 Å². The lowest BCUT2D eigenvalue weighted by Crippen LogP contribution is -2.54. The third kappa shape index (κ3) is 23.4. The average Bonchev–Trinajstić information content (AvgIpc) is 0.834. The fourth-order valence-corrected chi connectivity index (χ4v) is 21.5. The molecule has 11 nitrogen and oxygen atoms in total. The van der Waals surface area contributed by atoms with Gasteiger partial charge in [-0.25, -0.2) is 19.1 Å². The van der Waals surface area contributed by atoms with Crippen molar-refractivity contribution >= 4 is 21.8 Å². The van der Waals surface area contributed by atoms with Crippen molar-refractivity contribution in [2.45, 2.75) is 375 Å². The molecular formula is C117H184N11+5. The first-order valence-electron chi connectivity index (χ1n) is 48.9. The van der Waals surface area contributed by atoms with Crippen molar-refractivity contribution in [3.8, 4) is 0 Å². The van der Waals surface area contributed by atoms with Crippen LogP contribution in [0.4, 0.5) is 0 Å². The summed E-state index contributed by atoms with van der Waals surface area (Å²) in [6, 6.07) is 61.3. The summed E-state index contributed by atoms with van der Waals surface area (Å²) in [6.45, 7) is 94.0. The van der Waals surface area contributed by atoms with Gasteiger partial charge in [-0.2, -0.15) is 14.5 Å². The van der Waals surface area contributed by atoms with E-state index in [4.69, 9.17) is 0 Å². The van der Waals surface area contributed by atoms with Crippen LogP contribution in [0.5, 0.6) is 0 Å². The number of benzene rings is 6. The number of hydrogen-bond acceptors (Lipinski definition) is 2. The maximum absolute atomic E-state index is 4.12. The van der Waals surface area contributed by atoms with Crippen molar-refractivity contribution in [3.63, 3.8) is 0 Å². The highest BCUT2D eigenvalue weighted by molar-refractivity contribution is 5.83. The number of pyridine rings is 1. The van der Waals surface area contributed by atoms with Gasteiger partial charge in [-0.3, -0.25) is 4.98 Å². The molecule has 0 fully saturated rings. The fourth-order valence-electron chi connectivity index (χ4n) is 21.5. The van der Waals surface area contributed by atoms with Gasteiger partial charge in [-0.1, -0.05) is 413 Å². The molecule has 128 heavy (non-hydrogen) atoms. The number of H-pyrrole nitrogens is 5. The zero-order valence-corrected chi connectivity index (χ0v) is 88.2. The lowest BCUT2D eigenvalue weighted by molar-refractivity contribution is -0.754. The second-order valence-electron chi connectivity index (χ2n) is 49.0. The van der Waals surface area contributed by atoms with E-state index in [1.165, 1.54) is 94.6 Å². The summed E-state index contributed by atoms with van der Waals surface area (Å²) in [5.41, 5.74) is 12.6. The summed E-state index contributed by atoms with van der Waals surface area (Å²) in [4.78, 5) is 14.0. The molecule has 0 aliphatic rings. The van der Waals surface area contributed by atoms with Crippen molar-refractivity contribution < 1.29 is 23.5 Å². The standard InChI is InChI=1S/C28H40N2.C24H38N2.2C23H37N3.C19H27N/c1-25(2,3)28(8,27(6,7)26(4,5)22-15-10-9-11-16-22)19-14-20-30-21-29-23-17-12-13-18-24(23)30;1-21(2,3)24(8,15-12-17-26-18-16-25-19-26)23(6,7)22(4,5)20-13-10-9-11-14-20;1-20(2,3)23(8,15-12-17-26-18-16-24-25-26)22(6,7)21(4,5)19-13-10-9-11-14-19;1-20(2,3)23(8,15-12-16-26-18-24-17-25-26)22(6,7)21(4,5)19-13-10-9-11-14-19;1-18(2,3)19(4,5)12-8-10-16-14-20-13-15-9-6-7-11-17(15)16/h9-13,15-18,21H,14,19-20H2,1-8H3;9-11,13-14,16,18-19H,12,15,17H2,1-8H3;9-11,13-14,16,18H,12,15,17H2,1-8H3;9-11,13-14,17-18H,12,15-16H2,1-8H3;6-7,9,11,13-14H,8,10,12H2,1-5H3/p+5. The molecule has 0 amide bonds. The van der Waals surface area contributed by atoms with Gasteiger partial charge < -0.3 is 0 Å². The van der Waals surface area contributed by atoms with E-state index in [0.29, 0.717) is 10.8 Å². The number of rotatable bonds is 32. The summed E-state index contributed by atoms with van der Waals surface area (Å²) in [6.07, 6.45) is 33.0. The van der Waals surface area contributed by atoms with Crippen LogP contribution >= 0.6 is 0 Å². The normalized spacial score (nSPS) is 15.2. The molecule has 0 bridgehead atoms. The Labute approximate surface area is 781 Å². The first-order chi connectivity index (χ1) is 59.0. The Bertz CT molecular complexity index is 4760. The lowest BCUT2D eigenvalue weighted by atomic mass is 9.44. The zero-order valence-electron chi connectivity index (χ0n) is 88.2. The Kier molecular flexibility index (Phi) is 34.7. The molecule has 702 valence electrons. The molecule has 11 rings (SSSR count). The largest absolute Gasteiger partial charge is 0.306 e. The summed E-state index contributed by atoms with van der Waals surface area (Å²) in [5.74, 6) is 0. The van der Waals surface area contributed by atoms with E-state index in [9.17, 15) is 0 Å². The Morgan fingerprint density at radius 3 is 1.09 bits per heavy atom. The monoisotopic (exact) mass is 1740 g/mol. The maximum atomic E-state index is 4.12. The van der Waals surface area contributed by atoms with Crippen LogP contribution in [-0.2, 0) is 54.3 Å². The van der Waals surface area contributed by atoms with Gasteiger partial charge in [-0.15, -0.1) is 0 Å². The van der Waals surface area contributed by atoms with Gasteiger partial charge in [0.05, 0.1) is 13.1 Å². The van der Waals surface area contributed by atoms with E-state index < -0.39 is 0 Å². The number of nitrogens with zero attached hydrogens (tertiary/aromatic N) is 6. The molecule has 5 heterocycles. The Morgan fingerprint density at radius 1 is 0.344 bits per heavy atom. The van der Waals surface area contributed by atoms with Crippen LogP contribution < -0.4 is 23.5 Å². The first-order valence-corrected chi connectivity index (χ1v) is 48.9. The van der Waals surface area contributed by atoms with Crippen molar-refractivity contribution in [3.05, 3.63) is 260 Å². The molecule has 4 unspecified atom stereocenters. The fraction of sp³-hybridized carbons (Fsp3) is 0.598. The first kappa shape index (κ1) is 107. The Balaban J connectivity index is 0.000000220. The molecule has 4 atom stereocenters. The zero-order chi connectivity index (χ0) is 95.9. The highest BCUT2D eigenvalue weighted by Gasteiger charge is 2.60. The predicted octanol–water partition coefficient (Wildman–Crippen LogP) is 29.5. The SMILES string of the molecule is CC(C)(C)C(C)(C)CCCc1c[nH+]cc2ccccc12.CC(C)(C)C(C)(CCC[n+]1c[nH]c2ccccc21)C(C)(C)C(C)(C)c1ccccc1.CC(C)(C)C(C)(CCC[n+]1cc[nH]c1)C(C)(C)C(C)(C)c1ccccc1.CC(C)(C)C(C)(CCC[n+]1ccn[nH]1)C(C)(C)C(C)(C)c1ccccc1.CC(C)(C)C(C)(CCC[n+]1cnc[nH]1)C(C)(C)C(C)(C)c1ccccc1. The van der Waals surface area contributed by atoms with Crippen molar-refractivity contribution in [2.75, 3.05) is 0 Å². The van der Waals surface area contributed by atoms with Gasteiger partial charge in [-0.05, 0) is 219 Å². The van der Waals surface area contributed by atoms with E-state index in [2.05, 4.69) is 505 Å². The minimum Gasteiger partial charge on any atom is -0.250 e. The third-order valence-corrected chi connectivity index (χ3v) is 37.0. The summed E-state index contributed by atoms with van der Waals surface area (Å²) < 4.78 is 8.75. The number of aryl methyl sites for hydroxylation is 5. The van der Waals surface area contributed by atoms with Crippen LogP contribution in [0.1, 0.15) is 348 Å². The van der Waals surface area contributed by atoms with Gasteiger partial charge in [0.2, 0.25) is 25.2 Å². The van der Waals surface area contributed by atoms with Crippen LogP contribution in [-0.4, -0.2) is 30.4 Å². The topological polar surface area (TPSA) is 119 Å². The van der Waals surface area contributed by atoms with Crippen LogP contribution in [0.15, 0.2) is 232 Å². The van der Waals surface area contributed by atoms with Crippen LogP contribution in [0.2, 0.25) is 0 Å². The number of imidazole rings is 2. The number of fused-ring (bicyclic) bond motifs is 2. The molecule has 0 spiro atoms. The molecule has 5 N–H and O–H groups in total. The van der Waals surface area contributed by atoms with E-state index in [1.807, 2.05) is 31.2 Å². The molecule has 0 aliphatic carbocycles. The molecule has 0 radical (unpaired) electrons. The van der Waals surface area contributed by atoms with Crippen LogP contribution in [0.3, 0.4) is 0 Å². The molecule has 6 aromatic carbocycles. The van der Waals surface area contributed by atoms with Crippen molar-refractivity contribution in [1.82, 2.24) is 30.4 Å². The molecular weight excluding hydrogens is 1560 g/mol. The number of aromatic nitrogens is 11. The quantitative estimate of drug-likeness (QED) is 0.0314.